The minimum atomic E-state index is -4.23. The summed E-state index contributed by atoms with van der Waals surface area (Å²) in [6.07, 6.45) is -3.75. The van der Waals surface area contributed by atoms with E-state index in [1.165, 1.54) is 14.0 Å². The molecule has 2 nitrogen and oxygen atoms in total. The van der Waals surface area contributed by atoms with E-state index in [1.54, 1.807) is 0 Å². The largest absolute Gasteiger partial charge is 0.401 e. The van der Waals surface area contributed by atoms with Crippen LogP contribution in [0.2, 0.25) is 0 Å². The zero-order valence-corrected chi connectivity index (χ0v) is 6.35. The number of hydrogen-bond acceptors (Lipinski definition) is 2. The van der Waals surface area contributed by atoms with Crippen LogP contribution in [0.4, 0.5) is 13.2 Å². The van der Waals surface area contributed by atoms with Crippen molar-refractivity contribution in [1.29, 1.82) is 0 Å². The van der Waals surface area contributed by atoms with Crippen molar-refractivity contribution >= 4 is 6.29 Å². The highest BCUT2D eigenvalue weighted by Gasteiger charge is 2.30. The number of hydrogen-bond donors (Lipinski definition) is 0. The molecular weight excluding hydrogens is 159 g/mol. The molecular formula is C6H10F3NO. The lowest BCUT2D eigenvalue weighted by Crippen LogP contribution is -2.38. The minimum Gasteiger partial charge on any atom is -0.302 e. The molecule has 5 heteroatoms. The molecule has 11 heavy (non-hydrogen) atoms. The van der Waals surface area contributed by atoms with Gasteiger partial charge in [-0.1, -0.05) is 0 Å². The number of likely N-dealkylation sites (N-methyl/N-ethyl adjacent to an activating group) is 1. The maximum Gasteiger partial charge on any atom is 0.401 e. The molecule has 0 saturated heterocycles. The Morgan fingerprint density at radius 1 is 1.55 bits per heavy atom. The first-order valence-electron chi connectivity index (χ1n) is 3.09. The molecule has 66 valence electrons. The molecule has 0 rings (SSSR count). The molecule has 0 radical (unpaired) electrons. The van der Waals surface area contributed by atoms with Crippen LogP contribution in [0.5, 0.6) is 0 Å². The van der Waals surface area contributed by atoms with E-state index < -0.39 is 18.8 Å². The Balaban J connectivity index is 3.86. The lowest BCUT2D eigenvalue weighted by molar-refractivity contribution is -0.148. The molecule has 0 aromatic carbocycles. The van der Waals surface area contributed by atoms with Gasteiger partial charge in [-0.25, -0.2) is 0 Å². The maximum atomic E-state index is 11.6. The van der Waals surface area contributed by atoms with Crippen LogP contribution >= 0.6 is 0 Å². The van der Waals surface area contributed by atoms with Gasteiger partial charge in [0.25, 0.3) is 0 Å². The number of aldehydes is 1. The highest BCUT2D eigenvalue weighted by molar-refractivity contribution is 5.56. The summed E-state index contributed by atoms with van der Waals surface area (Å²) in [7, 11) is 1.26. The molecule has 0 spiro atoms. The first kappa shape index (κ1) is 10.4. The zero-order valence-electron chi connectivity index (χ0n) is 6.35. The van der Waals surface area contributed by atoms with Crippen molar-refractivity contribution in [2.75, 3.05) is 13.6 Å². The molecule has 1 unspecified atom stereocenters. The number of nitrogens with zero attached hydrogens (tertiary/aromatic N) is 1. The highest BCUT2D eigenvalue weighted by atomic mass is 19.4. The number of carbonyl (C=O) groups is 1. The summed E-state index contributed by atoms with van der Waals surface area (Å²) in [6.45, 7) is 0.367. The van der Waals surface area contributed by atoms with Gasteiger partial charge in [0.15, 0.2) is 0 Å². The molecule has 0 amide bonds. The van der Waals surface area contributed by atoms with Crippen molar-refractivity contribution in [1.82, 2.24) is 4.90 Å². The van der Waals surface area contributed by atoms with Gasteiger partial charge in [0.05, 0.1) is 12.6 Å². The van der Waals surface area contributed by atoms with E-state index in [0.717, 1.165) is 4.90 Å². The summed E-state index contributed by atoms with van der Waals surface area (Å²) in [5.74, 6) is 0. The monoisotopic (exact) mass is 169 g/mol. The molecule has 0 heterocycles. The molecule has 0 fully saturated rings. The summed E-state index contributed by atoms with van der Waals surface area (Å²) >= 11 is 0. The van der Waals surface area contributed by atoms with E-state index >= 15 is 0 Å². The van der Waals surface area contributed by atoms with E-state index in [1.807, 2.05) is 0 Å². The maximum absolute atomic E-state index is 11.6. The zero-order chi connectivity index (χ0) is 9.07. The predicted molar refractivity (Wildman–Crippen MR) is 34.2 cm³/mol. The first-order chi connectivity index (χ1) is 4.87. The van der Waals surface area contributed by atoms with Crippen LogP contribution in [-0.2, 0) is 4.79 Å². The normalized spacial score (nSPS) is 15.1. The van der Waals surface area contributed by atoms with Crippen molar-refractivity contribution in [3.05, 3.63) is 0 Å². The number of alkyl halides is 3. The minimum absolute atomic E-state index is 0.478. The highest BCUT2D eigenvalue weighted by Crippen LogP contribution is 2.16. The van der Waals surface area contributed by atoms with Crippen molar-refractivity contribution in [3.8, 4) is 0 Å². The topological polar surface area (TPSA) is 20.3 Å². The molecule has 0 saturated carbocycles. The second-order valence-corrected chi connectivity index (χ2v) is 2.41. The van der Waals surface area contributed by atoms with Crippen LogP contribution in [-0.4, -0.2) is 37.0 Å². The summed E-state index contributed by atoms with van der Waals surface area (Å²) in [5, 5.41) is 0. The fraction of sp³-hybridized carbons (Fsp3) is 0.833. The second kappa shape index (κ2) is 3.71. The van der Waals surface area contributed by atoms with Gasteiger partial charge in [-0.15, -0.1) is 0 Å². The molecule has 0 N–H and O–H groups in total. The summed E-state index contributed by atoms with van der Waals surface area (Å²) in [4.78, 5) is 11.0. The number of carbonyl (C=O) groups excluding carboxylic acids is 1. The van der Waals surface area contributed by atoms with Crippen LogP contribution in [0.15, 0.2) is 0 Å². The third kappa shape index (κ3) is 4.78. The quantitative estimate of drug-likeness (QED) is 0.589. The molecule has 0 aromatic heterocycles. The van der Waals surface area contributed by atoms with Crippen LogP contribution in [0.1, 0.15) is 6.92 Å². The van der Waals surface area contributed by atoms with E-state index in [0.29, 0.717) is 6.29 Å². The SMILES string of the molecule is CC(C=O)N(C)CC(F)(F)F. The van der Waals surface area contributed by atoms with Gasteiger partial charge in [0.2, 0.25) is 0 Å². The second-order valence-electron chi connectivity index (χ2n) is 2.41. The smallest absolute Gasteiger partial charge is 0.302 e. The Morgan fingerprint density at radius 3 is 2.27 bits per heavy atom. The molecule has 0 aliphatic rings. The van der Waals surface area contributed by atoms with E-state index in [9.17, 15) is 18.0 Å². The van der Waals surface area contributed by atoms with Gasteiger partial charge in [-0.2, -0.15) is 13.2 Å². The number of rotatable bonds is 3. The van der Waals surface area contributed by atoms with Gasteiger partial charge in [-0.05, 0) is 14.0 Å². The fourth-order valence-corrected chi connectivity index (χ4v) is 0.531. The standard InChI is InChI=1S/C6H10F3NO/c1-5(3-11)10(2)4-6(7,8)9/h3,5H,4H2,1-2H3. The van der Waals surface area contributed by atoms with Crippen molar-refractivity contribution in [2.24, 2.45) is 0 Å². The van der Waals surface area contributed by atoms with Crippen molar-refractivity contribution in [2.45, 2.75) is 19.1 Å². The Kier molecular flexibility index (Phi) is 3.51. The first-order valence-corrected chi connectivity index (χ1v) is 3.09. The Hall–Kier alpha value is -0.580. The summed E-state index contributed by atoms with van der Waals surface area (Å²) in [5.41, 5.74) is 0. The van der Waals surface area contributed by atoms with Gasteiger partial charge in [0, 0.05) is 0 Å². The Labute approximate surface area is 63.0 Å². The van der Waals surface area contributed by atoms with E-state index in [-0.39, 0.29) is 0 Å². The van der Waals surface area contributed by atoms with Gasteiger partial charge < -0.3 is 4.79 Å². The Morgan fingerprint density at radius 2 is 2.00 bits per heavy atom. The van der Waals surface area contributed by atoms with Crippen LogP contribution in [0, 0.1) is 0 Å². The Bertz CT molecular complexity index is 134. The lowest BCUT2D eigenvalue weighted by Gasteiger charge is -2.20. The predicted octanol–water partition coefficient (Wildman–Crippen LogP) is 1.07. The average Bonchev–Trinajstić information content (AvgIpc) is 1.82. The van der Waals surface area contributed by atoms with E-state index in [2.05, 4.69) is 0 Å². The summed E-state index contributed by atoms with van der Waals surface area (Å²) in [6, 6.07) is -0.684. The third-order valence-electron chi connectivity index (χ3n) is 1.32. The van der Waals surface area contributed by atoms with Gasteiger partial charge >= 0.3 is 6.18 Å². The van der Waals surface area contributed by atoms with Crippen LogP contribution < -0.4 is 0 Å². The molecule has 0 aliphatic heterocycles. The van der Waals surface area contributed by atoms with E-state index in [4.69, 9.17) is 0 Å². The third-order valence-corrected chi connectivity index (χ3v) is 1.32. The fourth-order valence-electron chi connectivity index (χ4n) is 0.531. The van der Waals surface area contributed by atoms with Crippen LogP contribution in [0.3, 0.4) is 0 Å². The molecule has 0 bridgehead atoms. The van der Waals surface area contributed by atoms with Gasteiger partial charge in [-0.3, -0.25) is 4.90 Å². The molecule has 0 aromatic rings. The van der Waals surface area contributed by atoms with Crippen molar-refractivity contribution < 1.29 is 18.0 Å². The van der Waals surface area contributed by atoms with Crippen LogP contribution in [0.25, 0.3) is 0 Å². The van der Waals surface area contributed by atoms with Gasteiger partial charge in [0.1, 0.15) is 6.29 Å². The lowest BCUT2D eigenvalue weighted by atomic mass is 10.3. The summed E-state index contributed by atoms with van der Waals surface area (Å²) < 4.78 is 34.9. The van der Waals surface area contributed by atoms with Crippen molar-refractivity contribution in [3.63, 3.8) is 0 Å². The molecule has 0 aliphatic carbocycles. The molecule has 1 atom stereocenters. The average molecular weight is 169 g/mol. The number of halogens is 3.